The molecule has 0 aromatic heterocycles. The quantitative estimate of drug-likeness (QED) is 0.352. The lowest BCUT2D eigenvalue weighted by Crippen LogP contribution is -2.42. The monoisotopic (exact) mass is 500 g/mol. The Morgan fingerprint density at radius 3 is 2.14 bits per heavy atom. The Labute approximate surface area is 217 Å². The largest absolute Gasteiger partial charge is 0.493 e. The van der Waals surface area contributed by atoms with Crippen LogP contribution >= 0.6 is 0 Å². The minimum atomic E-state index is -0.990. The zero-order valence-electron chi connectivity index (χ0n) is 20.7. The summed E-state index contributed by atoms with van der Waals surface area (Å²) in [5.41, 5.74) is 8.43. The molecular weight excluding hydrogens is 468 g/mol. The van der Waals surface area contributed by atoms with Crippen LogP contribution in [0.4, 0.5) is 0 Å². The maximum Gasteiger partial charge on any atom is 0.328 e. The molecule has 0 radical (unpaired) electrons. The minimum Gasteiger partial charge on any atom is -0.493 e. The Hall–Kier alpha value is -4.13. The summed E-state index contributed by atoms with van der Waals surface area (Å²) in [5.74, 6) is -0.0710. The van der Waals surface area contributed by atoms with Crippen LogP contribution in [0.15, 0.2) is 78.9 Å². The van der Waals surface area contributed by atoms with Gasteiger partial charge >= 0.3 is 5.97 Å². The molecule has 7 heteroatoms. The van der Waals surface area contributed by atoms with Gasteiger partial charge in [0.05, 0.1) is 6.61 Å². The first kappa shape index (κ1) is 25.9. The molecule has 1 aliphatic carbocycles. The number of amides is 2. The fraction of sp³-hybridized carbons (Fsp3) is 0.300. The first-order valence-electron chi connectivity index (χ1n) is 12.6. The standard InChI is InChI=1S/C30H32N2O5/c31-28(33)18-17-27(30(35)37-20-21-5-2-1-3-6-21)32-29(34)25-11-9-23(10-12-25)24-13-15-26(16-14-24)36-19-22-7-4-8-22/h1-3,5-6,9-16,22,27H,4,7-8,17-20H2,(H2,31,33)(H,32,34)/t27-/m0/s1. The van der Waals surface area contributed by atoms with E-state index < -0.39 is 23.8 Å². The summed E-state index contributed by atoms with van der Waals surface area (Å²) in [6, 6.07) is 23.2. The van der Waals surface area contributed by atoms with Crippen LogP contribution in [-0.2, 0) is 20.9 Å². The summed E-state index contributed by atoms with van der Waals surface area (Å²) in [6.45, 7) is 0.838. The van der Waals surface area contributed by atoms with Crippen molar-refractivity contribution < 1.29 is 23.9 Å². The molecule has 4 rings (SSSR count). The Balaban J connectivity index is 1.34. The van der Waals surface area contributed by atoms with E-state index in [2.05, 4.69) is 5.32 Å². The average molecular weight is 501 g/mol. The van der Waals surface area contributed by atoms with Crippen LogP contribution in [0.3, 0.4) is 0 Å². The van der Waals surface area contributed by atoms with Crippen molar-refractivity contribution in [2.45, 2.75) is 44.8 Å². The number of ether oxygens (including phenoxy) is 2. The minimum absolute atomic E-state index is 0.0509. The summed E-state index contributed by atoms with van der Waals surface area (Å²) in [5, 5.41) is 2.69. The van der Waals surface area contributed by atoms with Gasteiger partial charge in [0, 0.05) is 12.0 Å². The van der Waals surface area contributed by atoms with Crippen molar-refractivity contribution in [1.82, 2.24) is 5.32 Å². The van der Waals surface area contributed by atoms with E-state index in [9.17, 15) is 14.4 Å². The molecule has 0 heterocycles. The fourth-order valence-corrected chi connectivity index (χ4v) is 4.04. The van der Waals surface area contributed by atoms with E-state index in [0.29, 0.717) is 11.5 Å². The molecule has 1 saturated carbocycles. The SMILES string of the molecule is NC(=O)CC[C@H](NC(=O)c1ccc(-c2ccc(OCC3CCC3)cc2)cc1)C(=O)OCc1ccccc1. The van der Waals surface area contributed by atoms with E-state index in [4.69, 9.17) is 15.2 Å². The molecule has 0 spiro atoms. The number of carbonyl (C=O) groups excluding carboxylic acids is 3. The van der Waals surface area contributed by atoms with Gasteiger partial charge in [0.15, 0.2) is 0 Å². The van der Waals surface area contributed by atoms with Crippen LogP contribution < -0.4 is 15.8 Å². The maximum atomic E-state index is 12.9. The second-order valence-corrected chi connectivity index (χ2v) is 9.33. The number of carbonyl (C=O) groups is 3. The first-order valence-corrected chi connectivity index (χ1v) is 12.6. The van der Waals surface area contributed by atoms with Crippen molar-refractivity contribution in [1.29, 1.82) is 0 Å². The van der Waals surface area contributed by atoms with E-state index in [1.807, 2.05) is 66.7 Å². The van der Waals surface area contributed by atoms with Gasteiger partial charge in [0.25, 0.3) is 5.91 Å². The van der Waals surface area contributed by atoms with Gasteiger partial charge in [-0.05, 0) is 66.1 Å². The zero-order chi connectivity index (χ0) is 26.0. The lowest BCUT2D eigenvalue weighted by Gasteiger charge is -2.25. The number of esters is 1. The zero-order valence-corrected chi connectivity index (χ0v) is 20.7. The third-order valence-corrected chi connectivity index (χ3v) is 6.54. The number of hydrogen-bond donors (Lipinski definition) is 2. The highest BCUT2D eigenvalue weighted by Crippen LogP contribution is 2.28. The smallest absolute Gasteiger partial charge is 0.328 e. The van der Waals surface area contributed by atoms with Gasteiger partial charge in [-0.3, -0.25) is 9.59 Å². The average Bonchev–Trinajstić information content (AvgIpc) is 2.89. The van der Waals surface area contributed by atoms with Crippen molar-refractivity contribution in [2.75, 3.05) is 6.61 Å². The number of nitrogens with one attached hydrogen (secondary N) is 1. The summed E-state index contributed by atoms with van der Waals surface area (Å²) in [7, 11) is 0. The van der Waals surface area contributed by atoms with Gasteiger partial charge in [-0.25, -0.2) is 4.79 Å². The lowest BCUT2D eigenvalue weighted by molar-refractivity contribution is -0.147. The van der Waals surface area contributed by atoms with Crippen LogP contribution in [0.25, 0.3) is 11.1 Å². The molecule has 0 saturated heterocycles. The number of hydrogen-bond acceptors (Lipinski definition) is 5. The number of rotatable bonds is 12. The molecule has 1 aliphatic rings. The van der Waals surface area contributed by atoms with Gasteiger partial charge in [0.2, 0.25) is 5.91 Å². The number of primary amides is 1. The van der Waals surface area contributed by atoms with E-state index in [0.717, 1.165) is 29.0 Å². The second-order valence-electron chi connectivity index (χ2n) is 9.33. The van der Waals surface area contributed by atoms with Crippen molar-refractivity contribution in [3.05, 3.63) is 90.0 Å². The molecule has 0 aliphatic heterocycles. The molecule has 3 aromatic carbocycles. The molecule has 0 bridgehead atoms. The van der Waals surface area contributed by atoms with Crippen molar-refractivity contribution in [3.63, 3.8) is 0 Å². The Bertz CT molecular complexity index is 1190. The van der Waals surface area contributed by atoms with Gasteiger partial charge in [-0.2, -0.15) is 0 Å². The first-order chi connectivity index (χ1) is 18.0. The van der Waals surface area contributed by atoms with Crippen molar-refractivity contribution in [3.8, 4) is 16.9 Å². The van der Waals surface area contributed by atoms with E-state index in [1.165, 1.54) is 19.3 Å². The highest BCUT2D eigenvalue weighted by Gasteiger charge is 2.24. The molecule has 2 amide bonds. The highest BCUT2D eigenvalue weighted by molar-refractivity contribution is 5.97. The molecule has 192 valence electrons. The molecule has 1 fully saturated rings. The van der Waals surface area contributed by atoms with Crippen LogP contribution in [0.2, 0.25) is 0 Å². The molecule has 37 heavy (non-hydrogen) atoms. The molecule has 3 aromatic rings. The van der Waals surface area contributed by atoms with E-state index >= 15 is 0 Å². The summed E-state index contributed by atoms with van der Waals surface area (Å²) in [6.07, 6.45) is 3.80. The Morgan fingerprint density at radius 2 is 1.54 bits per heavy atom. The van der Waals surface area contributed by atoms with Gasteiger partial charge in [0.1, 0.15) is 18.4 Å². The predicted molar refractivity (Wildman–Crippen MR) is 141 cm³/mol. The summed E-state index contributed by atoms with van der Waals surface area (Å²) in [4.78, 5) is 36.8. The van der Waals surface area contributed by atoms with Crippen LogP contribution in [-0.4, -0.2) is 30.4 Å². The van der Waals surface area contributed by atoms with E-state index in [-0.39, 0.29) is 19.4 Å². The van der Waals surface area contributed by atoms with Crippen molar-refractivity contribution >= 4 is 17.8 Å². The van der Waals surface area contributed by atoms with E-state index in [1.54, 1.807) is 12.1 Å². The van der Waals surface area contributed by atoms with Gasteiger partial charge in [-0.1, -0.05) is 61.0 Å². The Kier molecular flexibility index (Phi) is 8.92. The third kappa shape index (κ3) is 7.67. The van der Waals surface area contributed by atoms with Gasteiger partial charge in [-0.15, -0.1) is 0 Å². The van der Waals surface area contributed by atoms with Crippen LogP contribution in [0.1, 0.15) is 48.0 Å². The summed E-state index contributed by atoms with van der Waals surface area (Å²) < 4.78 is 11.2. The highest BCUT2D eigenvalue weighted by atomic mass is 16.5. The normalized spacial score (nSPS) is 13.7. The molecule has 0 unspecified atom stereocenters. The number of benzene rings is 3. The predicted octanol–water partition coefficient (Wildman–Crippen LogP) is 4.64. The van der Waals surface area contributed by atoms with Crippen LogP contribution in [0.5, 0.6) is 5.75 Å². The summed E-state index contributed by atoms with van der Waals surface area (Å²) >= 11 is 0. The lowest BCUT2D eigenvalue weighted by atomic mass is 9.86. The number of nitrogens with two attached hydrogens (primary N) is 1. The fourth-order valence-electron chi connectivity index (χ4n) is 4.04. The maximum absolute atomic E-state index is 12.9. The topological polar surface area (TPSA) is 108 Å². The Morgan fingerprint density at radius 1 is 0.892 bits per heavy atom. The molecular formula is C30H32N2O5. The van der Waals surface area contributed by atoms with Crippen LogP contribution in [0, 0.1) is 5.92 Å². The third-order valence-electron chi connectivity index (χ3n) is 6.54. The second kappa shape index (κ2) is 12.7. The molecule has 3 N–H and O–H groups in total. The molecule has 7 nitrogen and oxygen atoms in total. The van der Waals surface area contributed by atoms with Crippen molar-refractivity contribution in [2.24, 2.45) is 11.7 Å². The van der Waals surface area contributed by atoms with Gasteiger partial charge < -0.3 is 20.5 Å². The molecule has 1 atom stereocenters.